The SMILES string of the molecule is COc1cnc(C(NN)C(C)C2CC2)c(OC)n1. The molecule has 2 rings (SSSR count). The van der Waals surface area contributed by atoms with Gasteiger partial charge in [-0.2, -0.15) is 4.98 Å². The summed E-state index contributed by atoms with van der Waals surface area (Å²) in [5.41, 5.74) is 3.56. The largest absolute Gasteiger partial charge is 0.480 e. The minimum absolute atomic E-state index is 0.0501. The molecule has 1 aromatic heterocycles. The van der Waals surface area contributed by atoms with Gasteiger partial charge in [0.1, 0.15) is 5.69 Å². The molecule has 1 saturated carbocycles. The maximum atomic E-state index is 5.66. The second-order valence-electron chi connectivity index (χ2n) is 4.65. The summed E-state index contributed by atoms with van der Waals surface area (Å²) in [5.74, 6) is 7.68. The van der Waals surface area contributed by atoms with E-state index in [1.807, 2.05) is 0 Å². The van der Waals surface area contributed by atoms with Gasteiger partial charge in [0.25, 0.3) is 0 Å². The number of hydrogen-bond donors (Lipinski definition) is 2. The quantitative estimate of drug-likeness (QED) is 0.581. The Hall–Kier alpha value is -1.40. The molecule has 1 fully saturated rings. The molecule has 1 heterocycles. The molecule has 1 aliphatic carbocycles. The van der Waals surface area contributed by atoms with Crippen LogP contribution in [0.2, 0.25) is 0 Å². The summed E-state index contributed by atoms with van der Waals surface area (Å²) < 4.78 is 10.3. The lowest BCUT2D eigenvalue weighted by Gasteiger charge is -2.23. The fourth-order valence-electron chi connectivity index (χ4n) is 2.20. The molecule has 2 unspecified atom stereocenters. The molecule has 0 radical (unpaired) electrons. The van der Waals surface area contributed by atoms with Gasteiger partial charge in [-0.15, -0.1) is 0 Å². The fraction of sp³-hybridized carbons (Fsp3) is 0.667. The maximum Gasteiger partial charge on any atom is 0.240 e. The van der Waals surface area contributed by atoms with Gasteiger partial charge in [0.15, 0.2) is 0 Å². The van der Waals surface area contributed by atoms with Gasteiger partial charge in [0.05, 0.1) is 26.5 Å². The molecule has 6 nitrogen and oxygen atoms in total. The number of nitrogens with one attached hydrogen (secondary N) is 1. The summed E-state index contributed by atoms with van der Waals surface area (Å²) in [7, 11) is 3.12. The average Bonchev–Trinajstić information content (AvgIpc) is 3.24. The zero-order chi connectivity index (χ0) is 13.1. The molecule has 0 bridgehead atoms. The summed E-state index contributed by atoms with van der Waals surface area (Å²) in [6.07, 6.45) is 4.10. The smallest absolute Gasteiger partial charge is 0.240 e. The Labute approximate surface area is 107 Å². The fourth-order valence-corrected chi connectivity index (χ4v) is 2.20. The van der Waals surface area contributed by atoms with Crippen molar-refractivity contribution in [3.8, 4) is 11.8 Å². The van der Waals surface area contributed by atoms with Crippen LogP contribution >= 0.6 is 0 Å². The monoisotopic (exact) mass is 252 g/mol. The first-order valence-corrected chi connectivity index (χ1v) is 6.12. The average molecular weight is 252 g/mol. The van der Waals surface area contributed by atoms with Gasteiger partial charge in [-0.3, -0.25) is 11.3 Å². The lowest BCUT2D eigenvalue weighted by atomic mass is 9.94. The predicted octanol–water partition coefficient (Wildman–Crippen LogP) is 1.04. The summed E-state index contributed by atoms with van der Waals surface area (Å²) in [6, 6.07) is -0.0501. The molecule has 0 saturated heterocycles. The van der Waals surface area contributed by atoms with E-state index in [1.165, 1.54) is 12.8 Å². The molecule has 0 aromatic carbocycles. The van der Waals surface area contributed by atoms with E-state index in [0.29, 0.717) is 23.6 Å². The third kappa shape index (κ3) is 2.54. The van der Waals surface area contributed by atoms with Gasteiger partial charge < -0.3 is 9.47 Å². The number of nitrogens with zero attached hydrogens (tertiary/aromatic N) is 2. The van der Waals surface area contributed by atoms with Crippen molar-refractivity contribution in [1.29, 1.82) is 0 Å². The molecule has 6 heteroatoms. The van der Waals surface area contributed by atoms with Crippen molar-refractivity contribution in [2.45, 2.75) is 25.8 Å². The molecule has 1 aliphatic rings. The van der Waals surface area contributed by atoms with Crippen LogP contribution in [0.25, 0.3) is 0 Å². The van der Waals surface area contributed by atoms with Crippen molar-refractivity contribution in [1.82, 2.24) is 15.4 Å². The Balaban J connectivity index is 2.28. The first kappa shape index (κ1) is 13.0. The zero-order valence-corrected chi connectivity index (χ0v) is 11.0. The molecule has 0 spiro atoms. The summed E-state index contributed by atoms with van der Waals surface area (Å²) in [4.78, 5) is 8.61. The molecule has 100 valence electrons. The van der Waals surface area contributed by atoms with E-state index in [4.69, 9.17) is 15.3 Å². The van der Waals surface area contributed by atoms with Crippen LogP contribution in [0.3, 0.4) is 0 Å². The predicted molar refractivity (Wildman–Crippen MR) is 67.1 cm³/mol. The van der Waals surface area contributed by atoms with E-state index >= 15 is 0 Å². The minimum atomic E-state index is -0.0501. The third-order valence-electron chi connectivity index (χ3n) is 3.51. The Kier molecular flexibility index (Phi) is 3.98. The van der Waals surface area contributed by atoms with Gasteiger partial charge in [0, 0.05) is 0 Å². The molecule has 2 atom stereocenters. The van der Waals surface area contributed by atoms with Crippen molar-refractivity contribution in [2.24, 2.45) is 17.7 Å². The number of nitrogens with two attached hydrogens (primary N) is 1. The standard InChI is InChI=1S/C12H20N4O2/c1-7(8-4-5-8)10(16-13)11-12(18-3)15-9(17-2)6-14-11/h6-8,10,16H,4-5,13H2,1-3H3. The molecule has 0 amide bonds. The molecular formula is C12H20N4O2. The van der Waals surface area contributed by atoms with Crippen LogP contribution in [0, 0.1) is 11.8 Å². The molecular weight excluding hydrogens is 232 g/mol. The number of hydrogen-bond acceptors (Lipinski definition) is 6. The first-order chi connectivity index (χ1) is 8.71. The summed E-state index contributed by atoms with van der Waals surface area (Å²) >= 11 is 0. The Morgan fingerprint density at radius 1 is 1.39 bits per heavy atom. The van der Waals surface area contributed by atoms with Crippen molar-refractivity contribution < 1.29 is 9.47 Å². The highest BCUT2D eigenvalue weighted by atomic mass is 16.5. The lowest BCUT2D eigenvalue weighted by molar-refractivity contribution is 0.313. The van der Waals surface area contributed by atoms with Gasteiger partial charge in [-0.25, -0.2) is 4.98 Å². The van der Waals surface area contributed by atoms with Gasteiger partial charge in [-0.1, -0.05) is 6.92 Å². The second-order valence-corrected chi connectivity index (χ2v) is 4.65. The van der Waals surface area contributed by atoms with Crippen molar-refractivity contribution in [2.75, 3.05) is 14.2 Å². The summed E-state index contributed by atoms with van der Waals surface area (Å²) in [5, 5.41) is 0. The zero-order valence-electron chi connectivity index (χ0n) is 11.0. The number of ether oxygens (including phenoxy) is 2. The molecule has 1 aromatic rings. The normalized spacial score (nSPS) is 18.2. The Morgan fingerprint density at radius 3 is 2.61 bits per heavy atom. The van der Waals surface area contributed by atoms with Crippen LogP contribution in [0.5, 0.6) is 11.8 Å². The van der Waals surface area contributed by atoms with E-state index in [-0.39, 0.29) is 6.04 Å². The van der Waals surface area contributed by atoms with Crippen LogP contribution in [0.4, 0.5) is 0 Å². The summed E-state index contributed by atoms with van der Waals surface area (Å²) in [6.45, 7) is 2.17. The second kappa shape index (κ2) is 5.49. The topological polar surface area (TPSA) is 82.3 Å². The number of aromatic nitrogens is 2. The van der Waals surface area contributed by atoms with Gasteiger partial charge in [0.2, 0.25) is 11.8 Å². The van der Waals surface area contributed by atoms with E-state index < -0.39 is 0 Å². The van der Waals surface area contributed by atoms with Crippen LogP contribution in [-0.4, -0.2) is 24.2 Å². The van der Waals surface area contributed by atoms with Crippen LogP contribution < -0.4 is 20.7 Å². The maximum absolute atomic E-state index is 5.66. The van der Waals surface area contributed by atoms with Crippen molar-refractivity contribution in [3.63, 3.8) is 0 Å². The highest BCUT2D eigenvalue weighted by molar-refractivity contribution is 5.26. The Morgan fingerprint density at radius 2 is 2.11 bits per heavy atom. The van der Waals surface area contributed by atoms with E-state index in [9.17, 15) is 0 Å². The molecule has 0 aliphatic heterocycles. The first-order valence-electron chi connectivity index (χ1n) is 6.12. The number of hydrazine groups is 1. The number of methoxy groups -OCH3 is 2. The van der Waals surface area contributed by atoms with Crippen LogP contribution in [0.15, 0.2) is 6.20 Å². The molecule has 18 heavy (non-hydrogen) atoms. The lowest BCUT2D eigenvalue weighted by Crippen LogP contribution is -2.34. The van der Waals surface area contributed by atoms with Gasteiger partial charge in [-0.05, 0) is 24.7 Å². The van der Waals surface area contributed by atoms with E-state index in [0.717, 1.165) is 5.69 Å². The van der Waals surface area contributed by atoms with Crippen molar-refractivity contribution in [3.05, 3.63) is 11.9 Å². The molecule has 3 N–H and O–H groups in total. The highest BCUT2D eigenvalue weighted by Gasteiger charge is 2.35. The van der Waals surface area contributed by atoms with E-state index in [1.54, 1.807) is 20.4 Å². The third-order valence-corrected chi connectivity index (χ3v) is 3.51. The number of rotatable bonds is 6. The van der Waals surface area contributed by atoms with Crippen molar-refractivity contribution >= 4 is 0 Å². The van der Waals surface area contributed by atoms with E-state index in [2.05, 4.69) is 22.3 Å². The minimum Gasteiger partial charge on any atom is -0.480 e. The van der Waals surface area contributed by atoms with Crippen LogP contribution in [-0.2, 0) is 0 Å². The van der Waals surface area contributed by atoms with Crippen LogP contribution in [0.1, 0.15) is 31.5 Å². The highest BCUT2D eigenvalue weighted by Crippen LogP contribution is 2.43. The van der Waals surface area contributed by atoms with Gasteiger partial charge >= 0.3 is 0 Å². The Bertz CT molecular complexity index is 409.